The summed E-state index contributed by atoms with van der Waals surface area (Å²) in [5.74, 6) is -2.04. The maximum atomic E-state index is 13.4. The van der Waals surface area contributed by atoms with Crippen molar-refractivity contribution in [1.82, 2.24) is 30.5 Å². The van der Waals surface area contributed by atoms with E-state index in [1.54, 1.807) is 0 Å². The molecule has 1 fully saturated rings. The number of carboxylic acid groups (broad SMARTS) is 1. The molecular formula is C27H35N7O5S. The van der Waals surface area contributed by atoms with Crippen LogP contribution in [-0.4, -0.2) is 91.4 Å². The van der Waals surface area contributed by atoms with Crippen LogP contribution in [0.2, 0.25) is 0 Å². The van der Waals surface area contributed by atoms with Gasteiger partial charge in [-0.1, -0.05) is 18.2 Å². The Morgan fingerprint density at radius 2 is 1.98 bits per heavy atom. The van der Waals surface area contributed by atoms with Gasteiger partial charge in [0.15, 0.2) is 0 Å². The van der Waals surface area contributed by atoms with Crippen molar-refractivity contribution in [2.75, 3.05) is 18.6 Å². The van der Waals surface area contributed by atoms with Gasteiger partial charge in [0.05, 0.1) is 12.4 Å². The molecule has 4 rings (SSSR count). The molecule has 7 N–H and O–H groups in total. The molecular weight excluding hydrogens is 534 g/mol. The van der Waals surface area contributed by atoms with Crippen LogP contribution in [0.4, 0.5) is 0 Å². The van der Waals surface area contributed by atoms with E-state index < -0.39 is 42.0 Å². The molecule has 214 valence electrons. The van der Waals surface area contributed by atoms with Crippen LogP contribution in [0.5, 0.6) is 0 Å². The number of carbonyl (C=O) groups is 4. The third-order valence-electron chi connectivity index (χ3n) is 7.11. The summed E-state index contributed by atoms with van der Waals surface area (Å²) in [7, 11) is 0. The predicted octanol–water partition coefficient (Wildman–Crippen LogP) is 0.802. The first kappa shape index (κ1) is 29.2. The van der Waals surface area contributed by atoms with Crippen LogP contribution in [0.25, 0.3) is 10.9 Å². The molecule has 1 saturated heterocycles. The Morgan fingerprint density at radius 3 is 2.70 bits per heavy atom. The van der Waals surface area contributed by atoms with E-state index >= 15 is 0 Å². The van der Waals surface area contributed by atoms with Crippen molar-refractivity contribution in [2.45, 2.75) is 56.3 Å². The number of carboxylic acids is 1. The molecule has 13 heteroatoms. The lowest BCUT2D eigenvalue weighted by Gasteiger charge is -2.28. The highest BCUT2D eigenvalue weighted by Crippen LogP contribution is 2.22. The number of carbonyl (C=O) groups excluding carboxylic acids is 3. The Kier molecular flexibility index (Phi) is 9.83. The number of para-hydroxylation sites is 1. The molecule has 0 radical (unpaired) electrons. The minimum Gasteiger partial charge on any atom is -0.480 e. The van der Waals surface area contributed by atoms with Crippen LogP contribution in [0.1, 0.15) is 30.5 Å². The van der Waals surface area contributed by atoms with Crippen LogP contribution in [0.3, 0.4) is 0 Å². The lowest BCUT2D eigenvalue weighted by Crippen LogP contribution is -2.57. The second-order valence-electron chi connectivity index (χ2n) is 9.88. The second-order valence-corrected chi connectivity index (χ2v) is 10.9. The van der Waals surface area contributed by atoms with Crippen molar-refractivity contribution in [2.24, 2.45) is 5.73 Å². The van der Waals surface area contributed by atoms with E-state index in [0.29, 0.717) is 37.3 Å². The number of imidazole rings is 1. The molecule has 0 bridgehead atoms. The SMILES string of the molecule is CSCCC(NC(=O)C(Cc1cnc[nH]1)NC(=O)C1CCCN1C(=O)C(N)Cc1c[nH]c2ccccc12)C(=O)O. The number of H-pyrrole nitrogens is 2. The lowest BCUT2D eigenvalue weighted by molar-refractivity contribution is -0.143. The molecule has 0 saturated carbocycles. The number of likely N-dealkylation sites (tertiary alicyclic amines) is 1. The largest absolute Gasteiger partial charge is 0.480 e. The van der Waals surface area contributed by atoms with E-state index in [9.17, 15) is 24.3 Å². The predicted molar refractivity (Wildman–Crippen MR) is 152 cm³/mol. The molecule has 3 amide bonds. The Morgan fingerprint density at radius 1 is 1.18 bits per heavy atom. The number of nitrogens with two attached hydrogens (primary N) is 1. The van der Waals surface area contributed by atoms with Gasteiger partial charge >= 0.3 is 5.97 Å². The van der Waals surface area contributed by atoms with Gasteiger partial charge in [-0.25, -0.2) is 9.78 Å². The normalized spacial score (nSPS) is 17.4. The van der Waals surface area contributed by atoms with Crippen molar-refractivity contribution < 1.29 is 24.3 Å². The maximum Gasteiger partial charge on any atom is 0.326 e. The van der Waals surface area contributed by atoms with Gasteiger partial charge in [0.1, 0.15) is 18.1 Å². The van der Waals surface area contributed by atoms with Crippen LogP contribution in [0, 0.1) is 0 Å². The van der Waals surface area contributed by atoms with Crippen LogP contribution < -0.4 is 16.4 Å². The number of aromatic amines is 2. The van der Waals surface area contributed by atoms with Gasteiger partial charge in [0, 0.05) is 42.0 Å². The molecule has 1 aliphatic heterocycles. The van der Waals surface area contributed by atoms with Crippen LogP contribution in [0.15, 0.2) is 43.0 Å². The Balaban J connectivity index is 1.44. The topological polar surface area (TPSA) is 186 Å². The minimum absolute atomic E-state index is 0.0766. The van der Waals surface area contributed by atoms with E-state index in [4.69, 9.17) is 5.73 Å². The number of hydrogen-bond acceptors (Lipinski definition) is 7. The second kappa shape index (κ2) is 13.5. The summed E-state index contributed by atoms with van der Waals surface area (Å²) in [6.45, 7) is 0.381. The molecule has 2 aromatic heterocycles. The number of thioether (sulfide) groups is 1. The zero-order chi connectivity index (χ0) is 28.6. The summed E-state index contributed by atoms with van der Waals surface area (Å²) >= 11 is 1.47. The Labute approximate surface area is 235 Å². The number of nitrogens with one attached hydrogen (secondary N) is 4. The number of fused-ring (bicyclic) bond motifs is 1. The molecule has 3 heterocycles. The summed E-state index contributed by atoms with van der Waals surface area (Å²) in [5.41, 5.74) is 8.80. The highest BCUT2D eigenvalue weighted by Gasteiger charge is 2.38. The number of benzene rings is 1. The van der Waals surface area contributed by atoms with E-state index in [-0.39, 0.29) is 18.7 Å². The molecule has 1 aromatic carbocycles. The van der Waals surface area contributed by atoms with Gasteiger partial charge in [-0.05, 0) is 49.3 Å². The molecule has 3 aromatic rings. The fourth-order valence-corrected chi connectivity index (χ4v) is 5.47. The monoisotopic (exact) mass is 569 g/mol. The number of hydrogen-bond donors (Lipinski definition) is 6. The number of aromatic nitrogens is 3. The molecule has 1 aliphatic rings. The first-order chi connectivity index (χ1) is 19.3. The van der Waals surface area contributed by atoms with Crippen LogP contribution >= 0.6 is 11.8 Å². The van der Waals surface area contributed by atoms with Crippen molar-refractivity contribution in [3.05, 3.63) is 54.2 Å². The smallest absolute Gasteiger partial charge is 0.326 e. The van der Waals surface area contributed by atoms with Crippen molar-refractivity contribution in [3.8, 4) is 0 Å². The Bertz CT molecular complexity index is 1330. The molecule has 12 nitrogen and oxygen atoms in total. The minimum atomic E-state index is -1.15. The molecule has 40 heavy (non-hydrogen) atoms. The third-order valence-corrected chi connectivity index (χ3v) is 7.75. The maximum absolute atomic E-state index is 13.4. The number of rotatable bonds is 13. The first-order valence-corrected chi connectivity index (χ1v) is 14.6. The van der Waals surface area contributed by atoms with Gasteiger partial charge in [-0.15, -0.1) is 0 Å². The number of amides is 3. The Hall–Kier alpha value is -3.84. The van der Waals surface area contributed by atoms with E-state index in [0.717, 1.165) is 16.5 Å². The summed E-state index contributed by atoms with van der Waals surface area (Å²) in [4.78, 5) is 63.2. The van der Waals surface area contributed by atoms with Crippen molar-refractivity contribution in [1.29, 1.82) is 0 Å². The fourth-order valence-electron chi connectivity index (χ4n) is 5.00. The summed E-state index contributed by atoms with van der Waals surface area (Å²) < 4.78 is 0. The van der Waals surface area contributed by atoms with Crippen molar-refractivity contribution in [3.63, 3.8) is 0 Å². The summed E-state index contributed by atoms with van der Waals surface area (Å²) in [6.07, 6.45) is 8.36. The first-order valence-electron chi connectivity index (χ1n) is 13.2. The molecule has 4 atom stereocenters. The average Bonchev–Trinajstić information content (AvgIpc) is 3.71. The van der Waals surface area contributed by atoms with E-state index in [1.165, 1.54) is 29.2 Å². The zero-order valence-corrected chi connectivity index (χ0v) is 23.1. The van der Waals surface area contributed by atoms with E-state index in [1.807, 2.05) is 36.7 Å². The quantitative estimate of drug-likeness (QED) is 0.174. The van der Waals surface area contributed by atoms with Crippen LogP contribution in [-0.2, 0) is 32.0 Å². The fraction of sp³-hybridized carbons (Fsp3) is 0.444. The highest BCUT2D eigenvalue weighted by atomic mass is 32.2. The van der Waals surface area contributed by atoms with Gasteiger partial charge in [0.25, 0.3) is 0 Å². The number of aliphatic carboxylic acids is 1. The summed E-state index contributed by atoms with van der Waals surface area (Å²) in [6, 6.07) is 3.97. The highest BCUT2D eigenvalue weighted by molar-refractivity contribution is 7.98. The van der Waals surface area contributed by atoms with Crippen molar-refractivity contribution >= 4 is 46.4 Å². The molecule has 4 unspecified atom stereocenters. The van der Waals surface area contributed by atoms with Gasteiger partial charge in [0.2, 0.25) is 17.7 Å². The van der Waals surface area contributed by atoms with E-state index in [2.05, 4.69) is 25.6 Å². The molecule has 0 aliphatic carbocycles. The average molecular weight is 570 g/mol. The zero-order valence-electron chi connectivity index (χ0n) is 22.3. The van der Waals surface area contributed by atoms with Gasteiger partial charge in [-0.2, -0.15) is 11.8 Å². The standard InChI is InChI=1S/C27H35N7O5S/c1-40-10-8-21(27(38)39)32-24(35)22(12-17-14-29-15-31-17)33-25(36)23-7-4-9-34(23)26(37)19(28)11-16-13-30-20-6-3-2-5-18(16)20/h2-3,5-6,13-15,19,21-23,30H,4,7-12,28H2,1H3,(H,29,31)(H,32,35)(H,33,36)(H,38,39). The number of nitrogens with zero attached hydrogens (tertiary/aromatic N) is 2. The summed E-state index contributed by atoms with van der Waals surface area (Å²) in [5, 5.41) is 15.8. The third kappa shape index (κ3) is 7.02. The van der Waals surface area contributed by atoms with Gasteiger partial charge < -0.3 is 36.3 Å². The lowest BCUT2D eigenvalue weighted by atomic mass is 10.0. The van der Waals surface area contributed by atoms with Gasteiger partial charge in [-0.3, -0.25) is 14.4 Å². The molecule has 0 spiro atoms.